The summed E-state index contributed by atoms with van der Waals surface area (Å²) in [7, 11) is 3.19. The smallest absolute Gasteiger partial charge is 0.160 e. The Labute approximate surface area is 123 Å². The summed E-state index contributed by atoms with van der Waals surface area (Å²) in [6.45, 7) is 0. The number of benzene rings is 2. The maximum Gasteiger partial charge on any atom is 0.160 e. The molecule has 106 valence electrons. The molecule has 4 heteroatoms. The summed E-state index contributed by atoms with van der Waals surface area (Å²) in [6, 6.07) is 12.9. The standard InChI is InChI=1S/C16H17ClO3/c1-19-15-7-6-11(9-16(15)20-2)8-14(18)12-4-3-5-13(17)10-12/h3-7,9-10,14,18H,8H2,1-2H3. The molecule has 1 atom stereocenters. The zero-order valence-corrected chi connectivity index (χ0v) is 12.2. The van der Waals surface area contributed by atoms with Crippen LogP contribution in [0.25, 0.3) is 0 Å². The molecule has 0 saturated heterocycles. The fourth-order valence-electron chi connectivity index (χ4n) is 2.06. The zero-order valence-electron chi connectivity index (χ0n) is 11.5. The van der Waals surface area contributed by atoms with Crippen molar-refractivity contribution >= 4 is 11.6 Å². The van der Waals surface area contributed by atoms with Crippen molar-refractivity contribution in [2.24, 2.45) is 0 Å². The highest BCUT2D eigenvalue weighted by atomic mass is 35.5. The number of hydrogen-bond donors (Lipinski definition) is 1. The fraction of sp³-hybridized carbons (Fsp3) is 0.250. The zero-order chi connectivity index (χ0) is 14.5. The second-order valence-electron chi connectivity index (χ2n) is 4.46. The lowest BCUT2D eigenvalue weighted by Crippen LogP contribution is -2.02. The lowest BCUT2D eigenvalue weighted by Gasteiger charge is -2.13. The Balaban J connectivity index is 2.17. The molecule has 20 heavy (non-hydrogen) atoms. The Bertz CT molecular complexity index is 584. The van der Waals surface area contributed by atoms with Gasteiger partial charge in [-0.25, -0.2) is 0 Å². The molecule has 2 aromatic carbocycles. The van der Waals surface area contributed by atoms with Crippen molar-refractivity contribution in [2.75, 3.05) is 14.2 Å². The molecular formula is C16H17ClO3. The van der Waals surface area contributed by atoms with E-state index < -0.39 is 6.10 Å². The molecule has 3 nitrogen and oxygen atoms in total. The Kier molecular flexibility index (Phi) is 4.88. The number of ether oxygens (including phenoxy) is 2. The van der Waals surface area contributed by atoms with Crippen LogP contribution in [0.15, 0.2) is 42.5 Å². The van der Waals surface area contributed by atoms with Crippen LogP contribution in [0.1, 0.15) is 17.2 Å². The van der Waals surface area contributed by atoms with Crippen molar-refractivity contribution in [3.8, 4) is 11.5 Å². The summed E-state index contributed by atoms with van der Waals surface area (Å²) >= 11 is 5.93. The molecule has 0 heterocycles. The molecule has 0 spiro atoms. The van der Waals surface area contributed by atoms with Crippen molar-refractivity contribution in [1.82, 2.24) is 0 Å². The number of aliphatic hydroxyl groups is 1. The van der Waals surface area contributed by atoms with Gasteiger partial charge in [0.25, 0.3) is 0 Å². The average Bonchev–Trinajstić information content (AvgIpc) is 2.47. The third-order valence-electron chi connectivity index (χ3n) is 3.11. The molecule has 0 aromatic heterocycles. The predicted molar refractivity (Wildman–Crippen MR) is 79.7 cm³/mol. The fourth-order valence-corrected chi connectivity index (χ4v) is 2.26. The van der Waals surface area contributed by atoms with Crippen molar-refractivity contribution in [3.63, 3.8) is 0 Å². The quantitative estimate of drug-likeness (QED) is 0.914. The van der Waals surface area contributed by atoms with Crippen LogP contribution in [0, 0.1) is 0 Å². The topological polar surface area (TPSA) is 38.7 Å². The van der Waals surface area contributed by atoms with Gasteiger partial charge in [-0.3, -0.25) is 0 Å². The molecule has 0 aliphatic heterocycles. The van der Waals surface area contributed by atoms with E-state index >= 15 is 0 Å². The van der Waals surface area contributed by atoms with Crippen molar-refractivity contribution < 1.29 is 14.6 Å². The first-order valence-corrected chi connectivity index (χ1v) is 6.66. The van der Waals surface area contributed by atoms with Gasteiger partial charge in [-0.2, -0.15) is 0 Å². The van der Waals surface area contributed by atoms with E-state index in [0.29, 0.717) is 22.9 Å². The van der Waals surface area contributed by atoms with E-state index in [2.05, 4.69) is 0 Å². The number of hydrogen-bond acceptors (Lipinski definition) is 3. The monoisotopic (exact) mass is 292 g/mol. The van der Waals surface area contributed by atoms with Crippen molar-refractivity contribution in [2.45, 2.75) is 12.5 Å². The molecule has 0 fully saturated rings. The van der Waals surface area contributed by atoms with E-state index in [1.807, 2.05) is 30.3 Å². The molecule has 0 aliphatic carbocycles. The van der Waals surface area contributed by atoms with Crippen LogP contribution in [0.2, 0.25) is 5.02 Å². The molecule has 0 bridgehead atoms. The van der Waals surface area contributed by atoms with Gasteiger partial charge >= 0.3 is 0 Å². The van der Waals surface area contributed by atoms with Gasteiger partial charge in [0.05, 0.1) is 20.3 Å². The minimum absolute atomic E-state index is 0.487. The van der Waals surface area contributed by atoms with E-state index in [-0.39, 0.29) is 0 Å². The Morgan fingerprint density at radius 3 is 2.45 bits per heavy atom. The Hall–Kier alpha value is -1.71. The van der Waals surface area contributed by atoms with Crippen LogP contribution < -0.4 is 9.47 Å². The number of halogens is 1. The first-order chi connectivity index (χ1) is 9.63. The molecule has 2 rings (SSSR count). The summed E-state index contributed by atoms with van der Waals surface area (Å²) in [5.41, 5.74) is 1.77. The highest BCUT2D eigenvalue weighted by Gasteiger charge is 2.11. The van der Waals surface area contributed by atoms with E-state index in [1.54, 1.807) is 26.4 Å². The first-order valence-electron chi connectivity index (χ1n) is 6.28. The average molecular weight is 293 g/mol. The molecule has 1 unspecified atom stereocenters. The second kappa shape index (κ2) is 6.64. The first kappa shape index (κ1) is 14.7. The minimum atomic E-state index is -0.605. The summed E-state index contributed by atoms with van der Waals surface area (Å²) in [5, 5.41) is 10.9. The second-order valence-corrected chi connectivity index (χ2v) is 4.90. The van der Waals surface area contributed by atoms with Crippen molar-refractivity contribution in [3.05, 3.63) is 58.6 Å². The third kappa shape index (κ3) is 3.44. The van der Waals surface area contributed by atoms with E-state index in [4.69, 9.17) is 21.1 Å². The van der Waals surface area contributed by atoms with E-state index in [9.17, 15) is 5.11 Å². The summed E-state index contributed by atoms with van der Waals surface area (Å²) < 4.78 is 10.4. The van der Waals surface area contributed by atoms with Crippen LogP contribution in [-0.2, 0) is 6.42 Å². The summed E-state index contributed by atoms with van der Waals surface area (Å²) in [4.78, 5) is 0. The van der Waals surface area contributed by atoms with Crippen LogP contribution in [0.5, 0.6) is 11.5 Å². The van der Waals surface area contributed by atoms with Crippen LogP contribution in [0.4, 0.5) is 0 Å². The van der Waals surface area contributed by atoms with Crippen molar-refractivity contribution in [1.29, 1.82) is 0 Å². The Morgan fingerprint density at radius 2 is 1.80 bits per heavy atom. The third-order valence-corrected chi connectivity index (χ3v) is 3.35. The molecule has 0 radical (unpaired) electrons. The van der Waals surface area contributed by atoms with E-state index in [0.717, 1.165) is 11.1 Å². The molecule has 1 N–H and O–H groups in total. The molecule has 2 aromatic rings. The van der Waals surface area contributed by atoms with Gasteiger partial charge in [0.2, 0.25) is 0 Å². The van der Waals surface area contributed by atoms with Gasteiger partial charge in [-0.05, 0) is 35.4 Å². The normalized spacial score (nSPS) is 12.0. The minimum Gasteiger partial charge on any atom is -0.493 e. The van der Waals surface area contributed by atoms with E-state index in [1.165, 1.54) is 0 Å². The molecule has 0 saturated carbocycles. The SMILES string of the molecule is COc1ccc(CC(O)c2cccc(Cl)c2)cc1OC. The van der Waals surface area contributed by atoms with Gasteiger partial charge in [0, 0.05) is 11.4 Å². The summed E-state index contributed by atoms with van der Waals surface area (Å²) in [6.07, 6.45) is -0.118. The number of aliphatic hydroxyl groups excluding tert-OH is 1. The predicted octanol–water partition coefficient (Wildman–Crippen LogP) is 3.63. The van der Waals surface area contributed by atoms with Crippen LogP contribution in [-0.4, -0.2) is 19.3 Å². The summed E-state index contributed by atoms with van der Waals surface area (Å²) in [5.74, 6) is 1.33. The van der Waals surface area contributed by atoms with Gasteiger partial charge < -0.3 is 14.6 Å². The van der Waals surface area contributed by atoms with Crippen LogP contribution >= 0.6 is 11.6 Å². The highest BCUT2D eigenvalue weighted by Crippen LogP contribution is 2.29. The maximum absolute atomic E-state index is 10.3. The number of methoxy groups -OCH3 is 2. The Morgan fingerprint density at radius 1 is 1.05 bits per heavy atom. The lowest BCUT2D eigenvalue weighted by molar-refractivity contribution is 0.178. The lowest BCUT2D eigenvalue weighted by atomic mass is 10.0. The van der Waals surface area contributed by atoms with Gasteiger partial charge in [0.1, 0.15) is 0 Å². The largest absolute Gasteiger partial charge is 0.493 e. The molecule has 0 aliphatic rings. The highest BCUT2D eigenvalue weighted by molar-refractivity contribution is 6.30. The maximum atomic E-state index is 10.3. The van der Waals surface area contributed by atoms with Gasteiger partial charge in [-0.15, -0.1) is 0 Å². The molecular weight excluding hydrogens is 276 g/mol. The van der Waals surface area contributed by atoms with Gasteiger partial charge in [-0.1, -0.05) is 29.8 Å². The molecule has 0 amide bonds. The van der Waals surface area contributed by atoms with Gasteiger partial charge in [0.15, 0.2) is 11.5 Å². The number of rotatable bonds is 5. The van der Waals surface area contributed by atoms with Crippen LogP contribution in [0.3, 0.4) is 0 Å².